The second kappa shape index (κ2) is 6.17. The summed E-state index contributed by atoms with van der Waals surface area (Å²) in [5, 5.41) is 3.54. The molecule has 3 rings (SSSR count). The zero-order valence-corrected chi connectivity index (χ0v) is 12.0. The van der Waals surface area contributed by atoms with Crippen LogP contribution in [0.1, 0.15) is 32.6 Å². The van der Waals surface area contributed by atoms with Crippen molar-refractivity contribution < 1.29 is 0 Å². The number of H-pyrrole nitrogens is 1. The maximum atomic E-state index is 4.50. The summed E-state index contributed by atoms with van der Waals surface area (Å²) in [6, 6.07) is 0.511. The van der Waals surface area contributed by atoms with E-state index in [0.29, 0.717) is 6.04 Å². The Hall–Kier alpha value is -1.69. The van der Waals surface area contributed by atoms with E-state index in [0.717, 1.165) is 36.6 Å². The fourth-order valence-electron chi connectivity index (χ4n) is 2.91. The van der Waals surface area contributed by atoms with Crippen LogP contribution >= 0.6 is 0 Å². The summed E-state index contributed by atoms with van der Waals surface area (Å²) >= 11 is 0. The Bertz CT molecular complexity index is 551. The number of piperidine rings is 1. The molecule has 3 heterocycles. The molecule has 0 spiro atoms. The third-order valence-electron chi connectivity index (χ3n) is 3.91. The van der Waals surface area contributed by atoms with Crippen LogP contribution in [0.25, 0.3) is 11.2 Å². The van der Waals surface area contributed by atoms with Gasteiger partial charge in [0.05, 0.1) is 6.33 Å². The van der Waals surface area contributed by atoms with E-state index in [1.165, 1.54) is 25.7 Å². The van der Waals surface area contributed by atoms with Gasteiger partial charge in [-0.25, -0.2) is 15.0 Å². The summed E-state index contributed by atoms with van der Waals surface area (Å²) in [6.45, 7) is 5.36. The zero-order valence-electron chi connectivity index (χ0n) is 12.0. The molecule has 0 aliphatic carbocycles. The van der Waals surface area contributed by atoms with Gasteiger partial charge in [0.2, 0.25) is 0 Å². The summed E-state index contributed by atoms with van der Waals surface area (Å²) in [5.74, 6) is 0.996. The summed E-state index contributed by atoms with van der Waals surface area (Å²) in [6.07, 6.45) is 8.22. The number of nitrogens with one attached hydrogen (secondary N) is 2. The van der Waals surface area contributed by atoms with Gasteiger partial charge in [-0.3, -0.25) is 0 Å². The van der Waals surface area contributed by atoms with Crippen molar-refractivity contribution in [2.45, 2.75) is 38.6 Å². The lowest BCUT2D eigenvalue weighted by Gasteiger charge is -2.36. The number of hydrogen-bond acceptors (Lipinski definition) is 5. The van der Waals surface area contributed by atoms with Crippen molar-refractivity contribution in [3.63, 3.8) is 0 Å². The SMILES string of the molecule is CCCNCC1CCCCN1c1ncnc2nc[nH]c12. The average molecular weight is 274 g/mol. The Morgan fingerprint density at radius 3 is 3.20 bits per heavy atom. The Balaban J connectivity index is 1.83. The zero-order chi connectivity index (χ0) is 13.8. The van der Waals surface area contributed by atoms with Crippen LogP contribution < -0.4 is 10.2 Å². The lowest BCUT2D eigenvalue weighted by molar-refractivity contribution is 0.433. The lowest BCUT2D eigenvalue weighted by Crippen LogP contribution is -2.46. The van der Waals surface area contributed by atoms with E-state index in [-0.39, 0.29) is 0 Å². The highest BCUT2D eigenvalue weighted by molar-refractivity contribution is 5.82. The molecule has 6 heteroatoms. The minimum absolute atomic E-state index is 0.511. The molecular formula is C14H22N6. The van der Waals surface area contributed by atoms with Crippen LogP contribution in [0.2, 0.25) is 0 Å². The highest BCUT2D eigenvalue weighted by Crippen LogP contribution is 2.26. The number of anilines is 1. The second-order valence-electron chi connectivity index (χ2n) is 5.35. The fraction of sp³-hybridized carbons (Fsp3) is 0.643. The van der Waals surface area contributed by atoms with E-state index >= 15 is 0 Å². The molecular weight excluding hydrogens is 252 g/mol. The Morgan fingerprint density at radius 2 is 2.30 bits per heavy atom. The molecule has 108 valence electrons. The van der Waals surface area contributed by atoms with Crippen molar-refractivity contribution in [3.8, 4) is 0 Å². The molecule has 0 saturated carbocycles. The average Bonchev–Trinajstić information content (AvgIpc) is 2.96. The number of aromatic nitrogens is 4. The molecule has 1 fully saturated rings. The van der Waals surface area contributed by atoms with E-state index < -0.39 is 0 Å². The second-order valence-corrected chi connectivity index (χ2v) is 5.35. The first-order valence-corrected chi connectivity index (χ1v) is 7.51. The molecule has 0 aromatic carbocycles. The first kappa shape index (κ1) is 13.3. The van der Waals surface area contributed by atoms with Crippen molar-refractivity contribution in [2.24, 2.45) is 0 Å². The van der Waals surface area contributed by atoms with Crippen LogP contribution in [0.5, 0.6) is 0 Å². The van der Waals surface area contributed by atoms with E-state index in [1.54, 1.807) is 12.7 Å². The molecule has 1 unspecified atom stereocenters. The standard InChI is InChI=1S/C14H22N6/c1-2-6-15-8-11-5-3-4-7-20(11)14-12-13(17-9-16-12)18-10-19-14/h9-11,15H,2-8H2,1H3,(H,16,17,18,19). The number of aromatic amines is 1. The van der Waals surface area contributed by atoms with Crippen LogP contribution in [-0.4, -0.2) is 45.6 Å². The third kappa shape index (κ3) is 2.60. The van der Waals surface area contributed by atoms with E-state index in [9.17, 15) is 0 Å². The van der Waals surface area contributed by atoms with Gasteiger partial charge in [0.1, 0.15) is 11.8 Å². The molecule has 1 atom stereocenters. The maximum Gasteiger partial charge on any atom is 0.182 e. The molecule has 2 aromatic heterocycles. The molecule has 20 heavy (non-hydrogen) atoms. The first-order chi connectivity index (χ1) is 9.90. The van der Waals surface area contributed by atoms with E-state index in [2.05, 4.69) is 37.1 Å². The van der Waals surface area contributed by atoms with Gasteiger partial charge >= 0.3 is 0 Å². The number of rotatable bonds is 5. The Kier molecular flexibility index (Phi) is 4.11. The van der Waals surface area contributed by atoms with Gasteiger partial charge in [-0.2, -0.15) is 0 Å². The predicted molar refractivity (Wildman–Crippen MR) is 79.8 cm³/mol. The molecule has 0 amide bonds. The normalized spacial score (nSPS) is 19.6. The van der Waals surface area contributed by atoms with Gasteiger partial charge in [-0.1, -0.05) is 6.92 Å². The smallest absolute Gasteiger partial charge is 0.182 e. The number of hydrogen-bond donors (Lipinski definition) is 2. The maximum absolute atomic E-state index is 4.50. The quantitative estimate of drug-likeness (QED) is 0.812. The molecule has 0 bridgehead atoms. The van der Waals surface area contributed by atoms with Crippen molar-refractivity contribution in [1.29, 1.82) is 0 Å². The molecule has 1 saturated heterocycles. The van der Waals surface area contributed by atoms with Crippen molar-refractivity contribution in [2.75, 3.05) is 24.5 Å². The minimum Gasteiger partial charge on any atom is -0.350 e. The Labute approximate surface area is 119 Å². The lowest BCUT2D eigenvalue weighted by atomic mass is 10.0. The van der Waals surface area contributed by atoms with Gasteiger partial charge < -0.3 is 15.2 Å². The van der Waals surface area contributed by atoms with Crippen molar-refractivity contribution in [1.82, 2.24) is 25.3 Å². The van der Waals surface area contributed by atoms with Gasteiger partial charge in [-0.05, 0) is 32.2 Å². The summed E-state index contributed by atoms with van der Waals surface area (Å²) in [5.41, 5.74) is 1.70. The molecule has 0 radical (unpaired) electrons. The van der Waals surface area contributed by atoms with Gasteiger partial charge in [0.25, 0.3) is 0 Å². The molecule has 2 N–H and O–H groups in total. The van der Waals surface area contributed by atoms with Crippen molar-refractivity contribution >= 4 is 17.0 Å². The summed E-state index contributed by atoms with van der Waals surface area (Å²) in [7, 11) is 0. The third-order valence-corrected chi connectivity index (χ3v) is 3.91. The summed E-state index contributed by atoms with van der Waals surface area (Å²) < 4.78 is 0. The van der Waals surface area contributed by atoms with Crippen LogP contribution in [-0.2, 0) is 0 Å². The fourth-order valence-corrected chi connectivity index (χ4v) is 2.91. The van der Waals surface area contributed by atoms with Crippen LogP contribution in [0, 0.1) is 0 Å². The largest absolute Gasteiger partial charge is 0.350 e. The highest BCUT2D eigenvalue weighted by atomic mass is 15.2. The van der Waals surface area contributed by atoms with Crippen LogP contribution in [0.15, 0.2) is 12.7 Å². The Morgan fingerprint density at radius 1 is 1.35 bits per heavy atom. The van der Waals surface area contributed by atoms with Crippen molar-refractivity contribution in [3.05, 3.63) is 12.7 Å². The molecule has 2 aromatic rings. The van der Waals surface area contributed by atoms with E-state index in [1.807, 2.05) is 0 Å². The van der Waals surface area contributed by atoms with Gasteiger partial charge in [0, 0.05) is 19.1 Å². The van der Waals surface area contributed by atoms with Gasteiger partial charge in [0.15, 0.2) is 11.5 Å². The number of imidazole rings is 1. The number of nitrogens with zero attached hydrogens (tertiary/aromatic N) is 4. The topological polar surface area (TPSA) is 69.7 Å². The number of fused-ring (bicyclic) bond motifs is 1. The minimum atomic E-state index is 0.511. The van der Waals surface area contributed by atoms with Crippen LogP contribution in [0.4, 0.5) is 5.82 Å². The monoisotopic (exact) mass is 274 g/mol. The highest BCUT2D eigenvalue weighted by Gasteiger charge is 2.25. The van der Waals surface area contributed by atoms with Crippen LogP contribution in [0.3, 0.4) is 0 Å². The molecule has 1 aliphatic rings. The molecule has 6 nitrogen and oxygen atoms in total. The molecule has 1 aliphatic heterocycles. The van der Waals surface area contributed by atoms with E-state index in [4.69, 9.17) is 0 Å². The summed E-state index contributed by atoms with van der Waals surface area (Å²) in [4.78, 5) is 18.5. The van der Waals surface area contributed by atoms with Gasteiger partial charge in [-0.15, -0.1) is 0 Å². The first-order valence-electron chi connectivity index (χ1n) is 7.51. The predicted octanol–water partition coefficient (Wildman–Crippen LogP) is 1.71.